The van der Waals surface area contributed by atoms with Crippen molar-refractivity contribution in [3.63, 3.8) is 0 Å². The number of sulfonamides is 1. The number of aromatic amines is 1. The summed E-state index contributed by atoms with van der Waals surface area (Å²) < 4.78 is 29.4. The first-order valence-electron chi connectivity index (χ1n) is 7.16. The lowest BCUT2D eigenvalue weighted by Gasteiger charge is -2.31. The Labute approximate surface area is 134 Å². The Morgan fingerprint density at radius 1 is 1.32 bits per heavy atom. The molecule has 0 unspecified atom stereocenters. The van der Waals surface area contributed by atoms with Gasteiger partial charge in [-0.1, -0.05) is 18.2 Å². The molecule has 118 valence electrons. The van der Waals surface area contributed by atoms with Crippen molar-refractivity contribution in [3.05, 3.63) is 40.9 Å². The molecular weight excluding hydrogens is 320 g/mol. The van der Waals surface area contributed by atoms with Crippen LogP contribution in [0.2, 0.25) is 0 Å². The molecule has 1 aliphatic rings. The van der Waals surface area contributed by atoms with E-state index in [1.54, 1.807) is 28.6 Å². The van der Waals surface area contributed by atoms with Gasteiger partial charge in [0, 0.05) is 26.1 Å². The summed E-state index contributed by atoms with van der Waals surface area (Å²) in [5.74, 6) is 0.878. The Balaban J connectivity index is 1.87. The van der Waals surface area contributed by atoms with Crippen LogP contribution in [0.3, 0.4) is 0 Å². The second-order valence-corrected chi connectivity index (χ2v) is 7.79. The van der Waals surface area contributed by atoms with Crippen LogP contribution >= 0.6 is 12.2 Å². The van der Waals surface area contributed by atoms with Crippen LogP contribution in [0.5, 0.6) is 0 Å². The molecule has 0 saturated carbocycles. The Morgan fingerprint density at radius 3 is 2.68 bits per heavy atom. The Morgan fingerprint density at radius 2 is 2.05 bits per heavy atom. The average molecular weight is 338 g/mol. The lowest BCUT2D eigenvalue weighted by atomic mass is 9.99. The smallest absolute Gasteiger partial charge is 0.243 e. The Hall–Kier alpha value is -1.51. The number of aromatic nitrogens is 3. The molecule has 1 saturated heterocycles. The Bertz CT molecular complexity index is 811. The molecule has 6 nitrogen and oxygen atoms in total. The van der Waals surface area contributed by atoms with Gasteiger partial charge in [-0.3, -0.25) is 5.10 Å². The normalized spacial score (nSPS) is 20.1. The average Bonchev–Trinajstić information content (AvgIpc) is 2.88. The molecule has 1 atom stereocenters. The molecule has 0 spiro atoms. The molecule has 0 radical (unpaired) electrons. The van der Waals surface area contributed by atoms with Gasteiger partial charge in [-0.05, 0) is 37.2 Å². The van der Waals surface area contributed by atoms with Gasteiger partial charge in [0.05, 0.1) is 4.90 Å². The van der Waals surface area contributed by atoms with Gasteiger partial charge < -0.3 is 4.57 Å². The van der Waals surface area contributed by atoms with Crippen LogP contribution in [0.15, 0.2) is 35.2 Å². The van der Waals surface area contributed by atoms with Gasteiger partial charge in [-0.2, -0.15) is 9.40 Å². The number of piperidine rings is 1. The first-order valence-corrected chi connectivity index (χ1v) is 9.01. The second kappa shape index (κ2) is 5.94. The number of hydrogen-bond donors (Lipinski definition) is 1. The maximum atomic E-state index is 12.7. The van der Waals surface area contributed by atoms with Gasteiger partial charge in [0.2, 0.25) is 10.0 Å². The lowest BCUT2D eigenvalue weighted by Crippen LogP contribution is -2.39. The molecule has 1 aromatic heterocycles. The zero-order valence-corrected chi connectivity index (χ0v) is 13.9. The molecular formula is C14H18N4O2S2. The number of benzene rings is 1. The van der Waals surface area contributed by atoms with E-state index in [9.17, 15) is 8.42 Å². The molecule has 1 N–H and O–H groups in total. The number of H-pyrrole nitrogens is 1. The van der Waals surface area contributed by atoms with Gasteiger partial charge in [-0.25, -0.2) is 8.42 Å². The highest BCUT2D eigenvalue weighted by atomic mass is 32.2. The maximum Gasteiger partial charge on any atom is 0.243 e. The van der Waals surface area contributed by atoms with Crippen molar-refractivity contribution in [2.45, 2.75) is 23.7 Å². The van der Waals surface area contributed by atoms with Crippen LogP contribution in [0.4, 0.5) is 0 Å². The second-order valence-electron chi connectivity index (χ2n) is 5.46. The molecule has 2 heterocycles. The van der Waals surface area contributed by atoms with Gasteiger partial charge in [-0.15, -0.1) is 0 Å². The molecule has 22 heavy (non-hydrogen) atoms. The van der Waals surface area contributed by atoms with E-state index in [1.807, 2.05) is 17.7 Å². The van der Waals surface area contributed by atoms with Gasteiger partial charge >= 0.3 is 0 Å². The van der Waals surface area contributed by atoms with Crippen molar-refractivity contribution in [3.8, 4) is 0 Å². The van der Waals surface area contributed by atoms with Crippen LogP contribution in [0.25, 0.3) is 0 Å². The SMILES string of the molecule is Cn1c([C@H]2CCCN(S(=O)(=O)c3ccccc3)C2)n[nH]c1=S. The molecule has 8 heteroatoms. The zero-order chi connectivity index (χ0) is 15.7. The molecule has 2 aromatic rings. The fraction of sp³-hybridized carbons (Fsp3) is 0.429. The van der Waals surface area contributed by atoms with E-state index in [0.29, 0.717) is 22.8 Å². The van der Waals surface area contributed by atoms with Gasteiger partial charge in [0.25, 0.3) is 0 Å². The summed E-state index contributed by atoms with van der Waals surface area (Å²) in [5, 5.41) is 7.02. The van der Waals surface area contributed by atoms with E-state index >= 15 is 0 Å². The molecule has 0 amide bonds. The lowest BCUT2D eigenvalue weighted by molar-refractivity contribution is 0.306. The van der Waals surface area contributed by atoms with Crippen LogP contribution in [-0.4, -0.2) is 40.6 Å². The van der Waals surface area contributed by atoms with Crippen LogP contribution in [0, 0.1) is 4.77 Å². The summed E-state index contributed by atoms with van der Waals surface area (Å²) in [4.78, 5) is 0.339. The standard InChI is InChI=1S/C14H18N4O2S2/c1-17-13(15-16-14(17)21)11-6-5-9-18(10-11)22(19,20)12-7-3-2-4-8-12/h2-4,7-8,11H,5-6,9-10H2,1H3,(H,16,21)/t11-/m0/s1. The predicted octanol–water partition coefficient (Wildman–Crippen LogP) is 2.05. The van der Waals surface area contributed by atoms with Crippen molar-refractivity contribution in [2.24, 2.45) is 7.05 Å². The molecule has 0 aliphatic carbocycles. The van der Waals surface area contributed by atoms with Crippen molar-refractivity contribution < 1.29 is 8.42 Å². The minimum atomic E-state index is -3.45. The van der Waals surface area contributed by atoms with E-state index < -0.39 is 10.0 Å². The highest BCUT2D eigenvalue weighted by molar-refractivity contribution is 7.89. The van der Waals surface area contributed by atoms with E-state index in [2.05, 4.69) is 10.2 Å². The van der Waals surface area contributed by atoms with Crippen molar-refractivity contribution in [2.75, 3.05) is 13.1 Å². The van der Waals surface area contributed by atoms with Crippen LogP contribution in [-0.2, 0) is 17.1 Å². The zero-order valence-electron chi connectivity index (χ0n) is 12.3. The molecule has 0 bridgehead atoms. The Kier molecular flexibility index (Phi) is 4.16. The number of hydrogen-bond acceptors (Lipinski definition) is 4. The van der Waals surface area contributed by atoms with Crippen molar-refractivity contribution >= 4 is 22.2 Å². The minimum Gasteiger partial charge on any atom is -0.307 e. The highest BCUT2D eigenvalue weighted by Crippen LogP contribution is 2.29. The summed E-state index contributed by atoms with van der Waals surface area (Å²) in [6, 6.07) is 8.56. The van der Waals surface area contributed by atoms with Gasteiger partial charge in [0.15, 0.2) is 4.77 Å². The first-order chi connectivity index (χ1) is 10.5. The molecule has 1 aromatic carbocycles. The first kappa shape index (κ1) is 15.4. The third-order valence-corrected chi connectivity index (χ3v) is 6.29. The summed E-state index contributed by atoms with van der Waals surface area (Å²) in [6.07, 6.45) is 1.73. The van der Waals surface area contributed by atoms with E-state index in [1.165, 1.54) is 0 Å². The maximum absolute atomic E-state index is 12.7. The highest BCUT2D eigenvalue weighted by Gasteiger charge is 2.32. The largest absolute Gasteiger partial charge is 0.307 e. The molecule has 3 rings (SSSR count). The molecule has 1 aliphatic heterocycles. The summed E-state index contributed by atoms with van der Waals surface area (Å²) >= 11 is 5.14. The minimum absolute atomic E-state index is 0.0604. The van der Waals surface area contributed by atoms with Gasteiger partial charge in [0.1, 0.15) is 5.82 Å². The van der Waals surface area contributed by atoms with E-state index in [-0.39, 0.29) is 5.92 Å². The fourth-order valence-corrected chi connectivity index (χ4v) is 4.52. The molecule has 1 fully saturated rings. The quantitative estimate of drug-likeness (QED) is 0.870. The van der Waals surface area contributed by atoms with Crippen LogP contribution in [0.1, 0.15) is 24.6 Å². The number of rotatable bonds is 3. The third-order valence-electron chi connectivity index (χ3n) is 4.04. The van der Waals surface area contributed by atoms with Crippen molar-refractivity contribution in [1.29, 1.82) is 0 Å². The summed E-state index contributed by atoms with van der Waals surface area (Å²) in [7, 11) is -1.60. The summed E-state index contributed by atoms with van der Waals surface area (Å²) in [6.45, 7) is 0.979. The van der Waals surface area contributed by atoms with Crippen molar-refractivity contribution in [1.82, 2.24) is 19.1 Å². The third kappa shape index (κ3) is 2.73. The van der Waals surface area contributed by atoms with E-state index in [4.69, 9.17) is 12.2 Å². The monoisotopic (exact) mass is 338 g/mol. The summed E-state index contributed by atoms with van der Waals surface area (Å²) in [5.41, 5.74) is 0. The number of nitrogens with zero attached hydrogens (tertiary/aromatic N) is 3. The topological polar surface area (TPSA) is 71.0 Å². The van der Waals surface area contributed by atoms with Crippen LogP contribution < -0.4 is 0 Å². The predicted molar refractivity (Wildman–Crippen MR) is 85.6 cm³/mol. The number of nitrogens with one attached hydrogen (secondary N) is 1. The fourth-order valence-electron chi connectivity index (χ4n) is 2.84. The van der Waals surface area contributed by atoms with E-state index in [0.717, 1.165) is 18.7 Å².